The van der Waals surface area contributed by atoms with Crippen molar-refractivity contribution in [2.45, 2.75) is 45.6 Å². The van der Waals surface area contributed by atoms with E-state index in [0.717, 1.165) is 23.9 Å². The first-order valence-corrected chi connectivity index (χ1v) is 9.78. The molecule has 1 aliphatic heterocycles. The molecule has 0 atom stereocenters. The number of ether oxygens (including phenoxy) is 1. The summed E-state index contributed by atoms with van der Waals surface area (Å²) in [6.07, 6.45) is 4.28. The Morgan fingerprint density at radius 1 is 1.12 bits per heavy atom. The lowest BCUT2D eigenvalue weighted by atomic mass is 9.97. The largest absolute Gasteiger partial charge is 0.444 e. The number of carbonyl (C=O) groups excluding carboxylic acids is 1. The Balaban J connectivity index is 1.68. The molecule has 1 aliphatic rings. The van der Waals surface area contributed by atoms with Gasteiger partial charge in [0.15, 0.2) is 0 Å². The minimum absolute atomic E-state index is 0.216. The highest BCUT2D eigenvalue weighted by atomic mass is 79.9. The van der Waals surface area contributed by atoms with Crippen LogP contribution in [0.15, 0.2) is 41.1 Å². The number of amides is 1. The molecular weight excluding hydrogens is 392 g/mol. The van der Waals surface area contributed by atoms with Crippen LogP contribution in [0.25, 0.3) is 0 Å². The second kappa shape index (κ2) is 7.78. The van der Waals surface area contributed by atoms with E-state index in [2.05, 4.69) is 45.2 Å². The highest BCUT2D eigenvalue weighted by Gasteiger charge is 2.24. The van der Waals surface area contributed by atoms with Gasteiger partial charge in [0.1, 0.15) is 10.2 Å². The summed E-state index contributed by atoms with van der Waals surface area (Å²) in [5.41, 5.74) is 4.67. The van der Waals surface area contributed by atoms with E-state index in [1.54, 1.807) is 0 Å². The summed E-state index contributed by atoms with van der Waals surface area (Å²) in [5, 5.41) is 0. The van der Waals surface area contributed by atoms with Crippen molar-refractivity contribution >= 4 is 22.0 Å². The number of benzene rings is 1. The molecule has 5 heteroatoms. The van der Waals surface area contributed by atoms with Crippen LogP contribution in [0.5, 0.6) is 0 Å². The maximum atomic E-state index is 12.3. The second-order valence-electron chi connectivity index (χ2n) is 7.74. The number of halogens is 1. The summed E-state index contributed by atoms with van der Waals surface area (Å²) in [7, 11) is 0. The van der Waals surface area contributed by atoms with E-state index < -0.39 is 5.60 Å². The first kappa shape index (κ1) is 18.9. The molecule has 0 bridgehead atoms. The number of rotatable bonds is 2. The number of nitrogens with zero attached hydrogens (tertiary/aromatic N) is 2. The highest BCUT2D eigenvalue weighted by molar-refractivity contribution is 9.10. The van der Waals surface area contributed by atoms with Gasteiger partial charge in [-0.2, -0.15) is 0 Å². The van der Waals surface area contributed by atoms with Gasteiger partial charge in [0, 0.05) is 19.3 Å². The van der Waals surface area contributed by atoms with Crippen molar-refractivity contribution in [3.63, 3.8) is 0 Å². The van der Waals surface area contributed by atoms with E-state index in [4.69, 9.17) is 4.74 Å². The molecule has 4 nitrogen and oxygen atoms in total. The van der Waals surface area contributed by atoms with Gasteiger partial charge in [-0.1, -0.05) is 24.3 Å². The molecule has 0 saturated heterocycles. The Bertz CT molecular complexity index is 782. The topological polar surface area (TPSA) is 42.4 Å². The van der Waals surface area contributed by atoms with Gasteiger partial charge >= 0.3 is 6.09 Å². The summed E-state index contributed by atoms with van der Waals surface area (Å²) in [5.74, 6) is 0. The van der Waals surface area contributed by atoms with E-state index in [1.165, 1.54) is 22.3 Å². The van der Waals surface area contributed by atoms with Gasteiger partial charge in [-0.3, -0.25) is 0 Å². The molecule has 1 aromatic heterocycles. The minimum Gasteiger partial charge on any atom is -0.444 e. The third-order valence-electron chi connectivity index (χ3n) is 4.42. The van der Waals surface area contributed by atoms with Crippen LogP contribution in [0.1, 0.15) is 43.0 Å². The lowest BCUT2D eigenvalue weighted by Gasteiger charge is -2.26. The number of carbonyl (C=O) groups is 1. The van der Waals surface area contributed by atoms with Crippen molar-refractivity contribution in [1.29, 1.82) is 0 Å². The van der Waals surface area contributed by atoms with Crippen LogP contribution in [0.2, 0.25) is 0 Å². The molecule has 2 heterocycles. The van der Waals surface area contributed by atoms with Crippen LogP contribution in [0.4, 0.5) is 4.79 Å². The van der Waals surface area contributed by atoms with Crippen molar-refractivity contribution in [3.8, 4) is 0 Å². The number of hydrogen-bond acceptors (Lipinski definition) is 3. The molecule has 3 rings (SSSR count). The lowest BCUT2D eigenvalue weighted by molar-refractivity contribution is 0.0258. The smallest absolute Gasteiger partial charge is 0.410 e. The molecule has 26 heavy (non-hydrogen) atoms. The van der Waals surface area contributed by atoms with Crippen LogP contribution < -0.4 is 0 Å². The Morgan fingerprint density at radius 2 is 1.81 bits per heavy atom. The fourth-order valence-electron chi connectivity index (χ4n) is 3.14. The summed E-state index contributed by atoms with van der Waals surface area (Å²) in [4.78, 5) is 18.5. The molecular formula is C21H25BrN2O2. The molecule has 1 amide bonds. The van der Waals surface area contributed by atoms with E-state index in [-0.39, 0.29) is 6.09 Å². The second-order valence-corrected chi connectivity index (χ2v) is 8.55. The number of fused-ring (bicyclic) bond motifs is 1. The minimum atomic E-state index is -0.456. The van der Waals surface area contributed by atoms with E-state index in [1.807, 2.05) is 37.9 Å². The zero-order valence-corrected chi connectivity index (χ0v) is 17.2. The van der Waals surface area contributed by atoms with Gasteiger partial charge in [0.2, 0.25) is 0 Å². The quantitative estimate of drug-likeness (QED) is 0.661. The predicted molar refractivity (Wildman–Crippen MR) is 106 cm³/mol. The summed E-state index contributed by atoms with van der Waals surface area (Å²) >= 11 is 3.37. The zero-order valence-electron chi connectivity index (χ0n) is 15.6. The third kappa shape index (κ3) is 5.07. The molecule has 138 valence electrons. The van der Waals surface area contributed by atoms with Crippen molar-refractivity contribution in [3.05, 3.63) is 63.4 Å². The first-order chi connectivity index (χ1) is 12.3. The van der Waals surface area contributed by atoms with Crippen LogP contribution in [-0.4, -0.2) is 34.7 Å². The molecule has 0 radical (unpaired) electrons. The normalized spacial score (nSPS) is 14.5. The number of pyridine rings is 1. The Hall–Kier alpha value is -1.88. The summed E-state index contributed by atoms with van der Waals surface area (Å²) in [6, 6.07) is 10.7. The number of aromatic nitrogens is 1. The Morgan fingerprint density at radius 3 is 2.46 bits per heavy atom. The van der Waals surface area contributed by atoms with Gasteiger partial charge in [-0.05, 0) is 84.3 Å². The lowest BCUT2D eigenvalue weighted by Crippen LogP contribution is -2.38. The molecule has 2 aromatic rings. The number of hydrogen-bond donors (Lipinski definition) is 0. The Labute approximate surface area is 163 Å². The molecule has 0 N–H and O–H groups in total. The molecule has 0 spiro atoms. The highest BCUT2D eigenvalue weighted by Crippen LogP contribution is 2.21. The van der Waals surface area contributed by atoms with Gasteiger partial charge in [0.05, 0.1) is 0 Å². The van der Waals surface area contributed by atoms with Crippen molar-refractivity contribution < 1.29 is 9.53 Å². The van der Waals surface area contributed by atoms with Gasteiger partial charge in [-0.15, -0.1) is 0 Å². The fraction of sp³-hybridized carbons (Fsp3) is 0.429. The molecule has 1 aromatic carbocycles. The van der Waals surface area contributed by atoms with Crippen molar-refractivity contribution in [1.82, 2.24) is 9.88 Å². The maximum absolute atomic E-state index is 12.3. The van der Waals surface area contributed by atoms with Gasteiger partial charge in [0.25, 0.3) is 0 Å². The van der Waals surface area contributed by atoms with E-state index in [9.17, 15) is 4.79 Å². The van der Waals surface area contributed by atoms with Crippen LogP contribution in [-0.2, 0) is 24.0 Å². The summed E-state index contributed by atoms with van der Waals surface area (Å²) < 4.78 is 6.37. The van der Waals surface area contributed by atoms with Crippen molar-refractivity contribution in [2.75, 3.05) is 13.1 Å². The van der Waals surface area contributed by atoms with Gasteiger partial charge < -0.3 is 9.64 Å². The third-order valence-corrected chi connectivity index (χ3v) is 4.89. The van der Waals surface area contributed by atoms with Gasteiger partial charge in [-0.25, -0.2) is 9.78 Å². The van der Waals surface area contributed by atoms with E-state index >= 15 is 0 Å². The molecule has 0 aliphatic carbocycles. The standard InChI is InChI=1S/C21H25BrN2O2/c1-21(2,3)26-20(25)24-10-8-17-6-4-15(13-18(17)9-11-24)12-16-5-7-19(22)23-14-16/h4-7,13-14H,8-12H2,1-3H3. The van der Waals surface area contributed by atoms with Crippen LogP contribution >= 0.6 is 15.9 Å². The van der Waals surface area contributed by atoms with E-state index in [0.29, 0.717) is 13.1 Å². The zero-order chi connectivity index (χ0) is 18.7. The average molecular weight is 417 g/mol. The summed E-state index contributed by atoms with van der Waals surface area (Å²) in [6.45, 7) is 7.12. The predicted octanol–water partition coefficient (Wildman–Crippen LogP) is 4.77. The first-order valence-electron chi connectivity index (χ1n) is 8.99. The molecule has 0 saturated carbocycles. The average Bonchev–Trinajstić information content (AvgIpc) is 2.78. The van der Waals surface area contributed by atoms with Crippen LogP contribution in [0.3, 0.4) is 0 Å². The molecule has 0 fully saturated rings. The maximum Gasteiger partial charge on any atom is 0.410 e. The molecule has 0 unspecified atom stereocenters. The Kier molecular flexibility index (Phi) is 5.66. The van der Waals surface area contributed by atoms with Crippen molar-refractivity contribution in [2.24, 2.45) is 0 Å². The SMILES string of the molecule is CC(C)(C)OC(=O)N1CCc2ccc(Cc3ccc(Br)nc3)cc2CC1. The monoisotopic (exact) mass is 416 g/mol. The fourth-order valence-corrected chi connectivity index (χ4v) is 3.38. The van der Waals surface area contributed by atoms with Crippen LogP contribution in [0, 0.1) is 0 Å².